The van der Waals surface area contributed by atoms with E-state index in [0.29, 0.717) is 5.69 Å². The Morgan fingerprint density at radius 1 is 1.12 bits per heavy atom. The zero-order chi connectivity index (χ0) is 17.5. The first-order chi connectivity index (χ1) is 11.2. The lowest BCUT2D eigenvalue weighted by Gasteiger charge is -2.30. The number of imidazole rings is 1. The second-order valence-electron chi connectivity index (χ2n) is 7.23. The highest BCUT2D eigenvalue weighted by molar-refractivity contribution is 5.97. The van der Waals surface area contributed by atoms with Gasteiger partial charge in [-0.2, -0.15) is 0 Å². The molecule has 0 bridgehead atoms. The summed E-state index contributed by atoms with van der Waals surface area (Å²) in [7, 11) is 0. The van der Waals surface area contributed by atoms with Crippen molar-refractivity contribution in [2.24, 2.45) is 0 Å². The molecule has 0 radical (unpaired) electrons. The summed E-state index contributed by atoms with van der Waals surface area (Å²) in [6.45, 7) is 9.78. The van der Waals surface area contributed by atoms with Crippen LogP contribution in [0.3, 0.4) is 0 Å². The SMILES string of the molecule is C[C@H](c1ccccc1)n1cncc1C(=O)C1OC(C)(C)C(C)(C)O1. The molecule has 0 N–H and O–H groups in total. The molecule has 1 aromatic carbocycles. The number of hydrogen-bond acceptors (Lipinski definition) is 4. The van der Waals surface area contributed by atoms with E-state index >= 15 is 0 Å². The Morgan fingerprint density at radius 3 is 2.29 bits per heavy atom. The van der Waals surface area contributed by atoms with Crippen molar-refractivity contribution < 1.29 is 14.3 Å². The largest absolute Gasteiger partial charge is 0.337 e. The monoisotopic (exact) mass is 328 g/mol. The van der Waals surface area contributed by atoms with Gasteiger partial charge in [0.25, 0.3) is 0 Å². The molecule has 0 unspecified atom stereocenters. The predicted octanol–water partition coefficient (Wildman–Crippen LogP) is 3.61. The molecule has 1 atom stereocenters. The van der Waals surface area contributed by atoms with E-state index in [1.165, 1.54) is 0 Å². The molecule has 0 aliphatic carbocycles. The first-order valence-electron chi connectivity index (χ1n) is 8.19. The Morgan fingerprint density at radius 2 is 1.71 bits per heavy atom. The number of carbonyl (C=O) groups is 1. The van der Waals surface area contributed by atoms with Crippen LogP contribution in [0.5, 0.6) is 0 Å². The van der Waals surface area contributed by atoms with Crippen LogP contribution in [-0.4, -0.2) is 32.8 Å². The van der Waals surface area contributed by atoms with Crippen LogP contribution < -0.4 is 0 Å². The molecule has 1 aliphatic rings. The Hall–Kier alpha value is -1.98. The summed E-state index contributed by atoms with van der Waals surface area (Å²) in [5, 5.41) is 0. The number of ketones is 1. The second kappa shape index (κ2) is 5.83. The molecule has 0 saturated carbocycles. The molecule has 0 spiro atoms. The van der Waals surface area contributed by atoms with Gasteiger partial charge >= 0.3 is 0 Å². The van der Waals surface area contributed by atoms with Crippen molar-refractivity contribution >= 4 is 5.78 Å². The number of nitrogens with zero attached hydrogens (tertiary/aromatic N) is 2. The highest BCUT2D eigenvalue weighted by atomic mass is 16.8. The number of carbonyl (C=O) groups excluding carboxylic acids is 1. The van der Waals surface area contributed by atoms with Crippen LogP contribution in [-0.2, 0) is 9.47 Å². The maximum absolute atomic E-state index is 12.9. The number of ether oxygens (including phenoxy) is 2. The molecule has 2 aromatic rings. The Bertz CT molecular complexity index is 718. The molecule has 3 rings (SSSR count). The van der Waals surface area contributed by atoms with Gasteiger partial charge in [0, 0.05) is 0 Å². The standard InChI is InChI=1S/C19H24N2O3/c1-13(14-9-7-6-8-10-14)21-12-20-11-15(21)16(22)17-23-18(2,3)19(4,5)24-17/h6-13,17H,1-5H3/t13-/m1/s1. The minimum absolute atomic E-state index is 0.00456. The fourth-order valence-corrected chi connectivity index (χ4v) is 2.77. The molecule has 1 saturated heterocycles. The number of Topliss-reactive ketones (excluding diaryl/α,β-unsaturated/α-hetero) is 1. The number of hydrogen-bond donors (Lipinski definition) is 0. The van der Waals surface area contributed by atoms with E-state index in [2.05, 4.69) is 4.98 Å². The fraction of sp³-hybridized carbons (Fsp3) is 0.474. The summed E-state index contributed by atoms with van der Waals surface area (Å²) in [6.07, 6.45) is 2.34. The lowest BCUT2D eigenvalue weighted by atomic mass is 9.90. The third kappa shape index (κ3) is 2.78. The van der Waals surface area contributed by atoms with Gasteiger partial charge in [0.1, 0.15) is 5.69 Å². The van der Waals surface area contributed by atoms with Gasteiger partial charge in [-0.25, -0.2) is 4.98 Å². The Labute approximate surface area is 142 Å². The minimum atomic E-state index is -0.909. The minimum Gasteiger partial charge on any atom is -0.337 e. The van der Waals surface area contributed by atoms with E-state index in [-0.39, 0.29) is 11.8 Å². The van der Waals surface area contributed by atoms with E-state index in [4.69, 9.17) is 9.47 Å². The van der Waals surface area contributed by atoms with E-state index in [1.54, 1.807) is 12.5 Å². The van der Waals surface area contributed by atoms with Crippen molar-refractivity contribution in [3.8, 4) is 0 Å². The Kier molecular flexibility index (Phi) is 4.10. The summed E-state index contributed by atoms with van der Waals surface area (Å²) in [6, 6.07) is 10.0. The fourth-order valence-electron chi connectivity index (χ4n) is 2.77. The normalized spacial score (nSPS) is 20.9. The zero-order valence-corrected chi connectivity index (χ0v) is 14.8. The smallest absolute Gasteiger partial charge is 0.236 e. The van der Waals surface area contributed by atoms with Gasteiger partial charge in [0.2, 0.25) is 12.1 Å². The second-order valence-corrected chi connectivity index (χ2v) is 7.23. The van der Waals surface area contributed by atoms with Gasteiger partial charge < -0.3 is 14.0 Å². The number of aromatic nitrogens is 2. The molecule has 5 heteroatoms. The zero-order valence-electron chi connectivity index (χ0n) is 14.8. The Balaban J connectivity index is 1.87. The molecule has 1 fully saturated rings. The lowest BCUT2D eigenvalue weighted by Crippen LogP contribution is -2.41. The van der Waals surface area contributed by atoms with Crippen molar-refractivity contribution in [3.05, 3.63) is 54.1 Å². The molecule has 128 valence electrons. The van der Waals surface area contributed by atoms with Gasteiger partial charge in [-0.1, -0.05) is 30.3 Å². The van der Waals surface area contributed by atoms with Gasteiger partial charge in [-0.15, -0.1) is 0 Å². The maximum atomic E-state index is 12.9. The van der Waals surface area contributed by atoms with Crippen LogP contribution >= 0.6 is 0 Å². The van der Waals surface area contributed by atoms with Crippen molar-refractivity contribution in [2.45, 2.75) is 58.2 Å². The summed E-state index contributed by atoms with van der Waals surface area (Å²) in [5.41, 5.74) is 0.523. The van der Waals surface area contributed by atoms with Crippen LogP contribution in [0.2, 0.25) is 0 Å². The first-order valence-corrected chi connectivity index (χ1v) is 8.19. The van der Waals surface area contributed by atoms with E-state index < -0.39 is 17.5 Å². The summed E-state index contributed by atoms with van der Waals surface area (Å²) >= 11 is 0. The van der Waals surface area contributed by atoms with E-state index in [1.807, 2.05) is 69.5 Å². The van der Waals surface area contributed by atoms with E-state index in [0.717, 1.165) is 5.56 Å². The topological polar surface area (TPSA) is 53.4 Å². The van der Waals surface area contributed by atoms with Crippen LogP contribution in [0.4, 0.5) is 0 Å². The lowest BCUT2D eigenvalue weighted by molar-refractivity contribution is -0.0609. The molecule has 0 amide bonds. The third-order valence-electron chi connectivity index (χ3n) is 5.09. The van der Waals surface area contributed by atoms with Crippen molar-refractivity contribution in [3.63, 3.8) is 0 Å². The van der Waals surface area contributed by atoms with E-state index in [9.17, 15) is 4.79 Å². The molecular formula is C19H24N2O3. The average molecular weight is 328 g/mol. The molecule has 1 aromatic heterocycles. The highest BCUT2D eigenvalue weighted by Gasteiger charge is 2.51. The summed E-state index contributed by atoms with van der Waals surface area (Å²) < 4.78 is 13.6. The summed E-state index contributed by atoms with van der Waals surface area (Å²) in [5.74, 6) is -0.200. The molecule has 1 aliphatic heterocycles. The van der Waals surface area contributed by atoms with Gasteiger partial charge in [0.05, 0.1) is 29.8 Å². The van der Waals surface area contributed by atoms with Gasteiger partial charge in [-0.3, -0.25) is 4.79 Å². The predicted molar refractivity (Wildman–Crippen MR) is 90.9 cm³/mol. The van der Waals surface area contributed by atoms with Crippen LogP contribution in [0, 0.1) is 0 Å². The first kappa shape index (κ1) is 16.9. The maximum Gasteiger partial charge on any atom is 0.236 e. The van der Waals surface area contributed by atoms with Crippen molar-refractivity contribution in [1.29, 1.82) is 0 Å². The molecule has 2 heterocycles. The average Bonchev–Trinajstić information content (AvgIpc) is 3.09. The van der Waals surface area contributed by atoms with Crippen LogP contribution in [0.25, 0.3) is 0 Å². The molecule has 24 heavy (non-hydrogen) atoms. The highest BCUT2D eigenvalue weighted by Crippen LogP contribution is 2.39. The van der Waals surface area contributed by atoms with Crippen LogP contribution in [0.15, 0.2) is 42.9 Å². The molecule has 5 nitrogen and oxygen atoms in total. The third-order valence-corrected chi connectivity index (χ3v) is 5.09. The number of rotatable bonds is 4. The quantitative estimate of drug-likeness (QED) is 0.805. The number of benzene rings is 1. The van der Waals surface area contributed by atoms with Crippen LogP contribution in [0.1, 0.15) is 56.7 Å². The van der Waals surface area contributed by atoms with Crippen molar-refractivity contribution in [2.75, 3.05) is 0 Å². The van der Waals surface area contributed by atoms with Gasteiger partial charge in [0.15, 0.2) is 0 Å². The molecular weight excluding hydrogens is 304 g/mol. The van der Waals surface area contributed by atoms with Crippen molar-refractivity contribution in [1.82, 2.24) is 9.55 Å². The van der Waals surface area contributed by atoms with Gasteiger partial charge in [-0.05, 0) is 40.2 Å². The summed E-state index contributed by atoms with van der Waals surface area (Å²) in [4.78, 5) is 17.1.